The van der Waals surface area contributed by atoms with Gasteiger partial charge in [0, 0.05) is 57.6 Å². The summed E-state index contributed by atoms with van der Waals surface area (Å²) < 4.78 is 5.37. The molecule has 1 aromatic heterocycles. The lowest BCUT2D eigenvalue weighted by atomic mass is 10.1. The van der Waals surface area contributed by atoms with Gasteiger partial charge in [-0.1, -0.05) is 6.07 Å². The predicted octanol–water partition coefficient (Wildman–Crippen LogP) is 3.42. The highest BCUT2D eigenvalue weighted by Crippen LogP contribution is 2.27. The number of guanidine groups is 1. The molecule has 0 aliphatic carbocycles. The fraction of sp³-hybridized carbons (Fsp3) is 0.522. The molecule has 2 aromatic rings. The first-order valence-corrected chi connectivity index (χ1v) is 11.8. The summed E-state index contributed by atoms with van der Waals surface area (Å²) in [5, 5.41) is 10.8. The third-order valence-electron chi connectivity index (χ3n) is 6.14. The zero-order valence-corrected chi connectivity index (χ0v) is 18.8. The molecule has 7 heteroatoms. The molecule has 1 unspecified atom stereocenters. The van der Waals surface area contributed by atoms with Gasteiger partial charge in [-0.3, -0.25) is 4.99 Å². The molecule has 2 fully saturated rings. The molecule has 2 N–H and O–H groups in total. The number of piperidine rings is 1. The van der Waals surface area contributed by atoms with Gasteiger partial charge in [0.05, 0.1) is 12.1 Å². The molecule has 2 saturated heterocycles. The number of benzene rings is 1. The second kappa shape index (κ2) is 10.1. The van der Waals surface area contributed by atoms with Crippen molar-refractivity contribution in [1.82, 2.24) is 10.6 Å². The first-order valence-electron chi connectivity index (χ1n) is 10.9. The summed E-state index contributed by atoms with van der Waals surface area (Å²) in [5.41, 5.74) is 1.25. The minimum absolute atomic E-state index is 0.490. The van der Waals surface area contributed by atoms with Crippen molar-refractivity contribution in [2.75, 3.05) is 56.7 Å². The summed E-state index contributed by atoms with van der Waals surface area (Å²) in [6.07, 6.45) is 3.48. The van der Waals surface area contributed by atoms with Crippen LogP contribution in [0.15, 0.2) is 46.8 Å². The van der Waals surface area contributed by atoms with Crippen LogP contribution < -0.4 is 25.2 Å². The Morgan fingerprint density at radius 2 is 1.97 bits per heavy atom. The van der Waals surface area contributed by atoms with Gasteiger partial charge in [-0.05, 0) is 54.8 Å². The van der Waals surface area contributed by atoms with Gasteiger partial charge in [0.15, 0.2) is 5.96 Å². The molecule has 2 aliphatic heterocycles. The maximum Gasteiger partial charge on any atom is 0.191 e. The lowest BCUT2D eigenvalue weighted by Crippen LogP contribution is -2.49. The molecule has 30 heavy (non-hydrogen) atoms. The zero-order valence-electron chi connectivity index (χ0n) is 18.0. The van der Waals surface area contributed by atoms with Crippen LogP contribution in [0.5, 0.6) is 5.75 Å². The number of rotatable bonds is 6. The summed E-state index contributed by atoms with van der Waals surface area (Å²) in [4.78, 5) is 9.41. The third kappa shape index (κ3) is 5.19. The average molecular weight is 428 g/mol. The minimum atomic E-state index is 0.490. The van der Waals surface area contributed by atoms with E-state index in [2.05, 4.69) is 61.1 Å². The Hall–Kier alpha value is -2.41. The van der Waals surface area contributed by atoms with Gasteiger partial charge in [0.25, 0.3) is 0 Å². The summed E-state index contributed by atoms with van der Waals surface area (Å²) in [6, 6.07) is 13.2. The maximum atomic E-state index is 5.37. The number of aliphatic imine (C=N–C) groups is 1. The number of hydrogen-bond acceptors (Lipinski definition) is 5. The highest BCUT2D eigenvalue weighted by atomic mass is 32.1. The van der Waals surface area contributed by atoms with Crippen LogP contribution >= 0.6 is 11.3 Å². The fourth-order valence-electron chi connectivity index (χ4n) is 4.36. The van der Waals surface area contributed by atoms with Gasteiger partial charge in [-0.25, -0.2) is 0 Å². The van der Waals surface area contributed by atoms with E-state index in [4.69, 9.17) is 4.74 Å². The van der Waals surface area contributed by atoms with E-state index >= 15 is 0 Å². The maximum absolute atomic E-state index is 5.37. The standard InChI is InChI=1S/C23H33N5OS/c1-24-23(26-19-9-12-27(13-10-19)22-7-4-14-30-22)25-16-18-8-11-28(17-18)20-5-3-6-21(15-20)29-2/h3-7,14-15,18-19H,8-13,16-17H2,1-2H3,(H2,24,25,26). The lowest BCUT2D eigenvalue weighted by molar-refractivity contribution is 0.415. The zero-order chi connectivity index (χ0) is 20.8. The number of nitrogens with one attached hydrogen (secondary N) is 2. The molecule has 4 rings (SSSR count). The number of methoxy groups -OCH3 is 1. The second-order valence-corrected chi connectivity index (χ2v) is 9.04. The minimum Gasteiger partial charge on any atom is -0.497 e. The molecule has 2 aliphatic rings. The summed E-state index contributed by atoms with van der Waals surface area (Å²) in [6.45, 7) is 5.32. The van der Waals surface area contributed by atoms with Crippen LogP contribution in [0.4, 0.5) is 10.7 Å². The van der Waals surface area contributed by atoms with Crippen LogP contribution in [-0.2, 0) is 0 Å². The van der Waals surface area contributed by atoms with Gasteiger partial charge in [0.2, 0.25) is 0 Å². The van der Waals surface area contributed by atoms with E-state index in [9.17, 15) is 0 Å². The number of thiophene rings is 1. The molecule has 1 atom stereocenters. The van der Waals surface area contributed by atoms with Crippen LogP contribution in [0, 0.1) is 5.92 Å². The van der Waals surface area contributed by atoms with Gasteiger partial charge >= 0.3 is 0 Å². The monoisotopic (exact) mass is 427 g/mol. The summed E-state index contributed by atoms with van der Waals surface area (Å²) >= 11 is 1.83. The Bertz CT molecular complexity index is 817. The van der Waals surface area contributed by atoms with E-state index in [-0.39, 0.29) is 0 Å². The predicted molar refractivity (Wildman–Crippen MR) is 127 cm³/mol. The fourth-order valence-corrected chi connectivity index (χ4v) is 5.15. The van der Waals surface area contributed by atoms with Crippen molar-refractivity contribution in [2.45, 2.75) is 25.3 Å². The normalized spacial score (nSPS) is 20.5. The van der Waals surface area contributed by atoms with E-state index < -0.39 is 0 Å². The van der Waals surface area contributed by atoms with Crippen molar-refractivity contribution in [3.63, 3.8) is 0 Å². The highest BCUT2D eigenvalue weighted by Gasteiger charge is 2.24. The van der Waals surface area contributed by atoms with E-state index in [1.54, 1.807) is 7.11 Å². The average Bonchev–Trinajstić information content (AvgIpc) is 3.49. The third-order valence-corrected chi connectivity index (χ3v) is 7.07. The number of hydrogen-bond donors (Lipinski definition) is 2. The Morgan fingerprint density at radius 3 is 2.70 bits per heavy atom. The van der Waals surface area contributed by atoms with Crippen molar-refractivity contribution >= 4 is 28.0 Å². The Morgan fingerprint density at radius 1 is 1.13 bits per heavy atom. The molecule has 0 saturated carbocycles. The molecule has 0 bridgehead atoms. The Balaban J connectivity index is 1.21. The second-order valence-electron chi connectivity index (χ2n) is 8.11. The van der Waals surface area contributed by atoms with Crippen LogP contribution in [0.1, 0.15) is 19.3 Å². The van der Waals surface area contributed by atoms with Gasteiger partial charge in [-0.2, -0.15) is 0 Å². The quantitative estimate of drug-likeness (QED) is 0.547. The van der Waals surface area contributed by atoms with Gasteiger partial charge in [-0.15, -0.1) is 11.3 Å². The molecule has 1 aromatic carbocycles. The van der Waals surface area contributed by atoms with E-state index in [0.717, 1.165) is 57.3 Å². The van der Waals surface area contributed by atoms with Crippen molar-refractivity contribution < 1.29 is 4.74 Å². The van der Waals surface area contributed by atoms with E-state index in [1.807, 2.05) is 24.5 Å². The smallest absolute Gasteiger partial charge is 0.191 e. The molecule has 3 heterocycles. The van der Waals surface area contributed by atoms with Crippen molar-refractivity contribution in [3.8, 4) is 5.75 Å². The lowest BCUT2D eigenvalue weighted by Gasteiger charge is -2.33. The molecular formula is C23H33N5OS. The molecule has 0 radical (unpaired) electrons. The van der Waals surface area contributed by atoms with Crippen LogP contribution in [0.25, 0.3) is 0 Å². The van der Waals surface area contributed by atoms with Crippen LogP contribution in [-0.4, -0.2) is 58.9 Å². The molecular weight excluding hydrogens is 394 g/mol. The Labute approximate surface area is 183 Å². The van der Waals surface area contributed by atoms with Crippen LogP contribution in [0.2, 0.25) is 0 Å². The number of nitrogens with zero attached hydrogens (tertiary/aromatic N) is 3. The first-order chi connectivity index (χ1) is 14.7. The van der Waals surface area contributed by atoms with E-state index in [0.29, 0.717) is 12.0 Å². The summed E-state index contributed by atoms with van der Waals surface area (Å²) in [5.74, 6) is 2.48. The molecule has 6 nitrogen and oxygen atoms in total. The highest BCUT2D eigenvalue weighted by molar-refractivity contribution is 7.14. The number of ether oxygens (including phenoxy) is 1. The molecule has 0 spiro atoms. The van der Waals surface area contributed by atoms with Crippen molar-refractivity contribution in [2.24, 2.45) is 10.9 Å². The van der Waals surface area contributed by atoms with Gasteiger partial charge < -0.3 is 25.2 Å². The molecule has 162 valence electrons. The SMILES string of the molecule is CN=C(NCC1CCN(c2cccc(OC)c2)C1)NC1CCN(c2cccs2)CC1. The largest absolute Gasteiger partial charge is 0.497 e. The van der Waals surface area contributed by atoms with Gasteiger partial charge in [0.1, 0.15) is 5.75 Å². The number of anilines is 2. The topological polar surface area (TPSA) is 52.1 Å². The van der Waals surface area contributed by atoms with Crippen molar-refractivity contribution in [1.29, 1.82) is 0 Å². The Kier molecular flexibility index (Phi) is 7.00. The van der Waals surface area contributed by atoms with Crippen molar-refractivity contribution in [3.05, 3.63) is 41.8 Å². The molecule has 0 amide bonds. The van der Waals surface area contributed by atoms with E-state index in [1.165, 1.54) is 17.1 Å². The van der Waals surface area contributed by atoms with Crippen LogP contribution in [0.3, 0.4) is 0 Å². The summed E-state index contributed by atoms with van der Waals surface area (Å²) in [7, 11) is 3.59. The first kappa shape index (κ1) is 20.8.